The first-order valence-electron chi connectivity index (χ1n) is 7.02. The van der Waals surface area contributed by atoms with Gasteiger partial charge in [0.15, 0.2) is 0 Å². The Bertz CT molecular complexity index is 633. The van der Waals surface area contributed by atoms with E-state index in [2.05, 4.69) is 10.6 Å². The highest BCUT2D eigenvalue weighted by Crippen LogP contribution is 2.07. The Labute approximate surface area is 137 Å². The maximum atomic E-state index is 12.9. The molecule has 0 saturated heterocycles. The van der Waals surface area contributed by atoms with Gasteiger partial charge in [-0.25, -0.2) is 4.39 Å². The largest absolute Gasteiger partial charge is 0.481 e. The van der Waals surface area contributed by atoms with Crippen LogP contribution in [-0.4, -0.2) is 40.9 Å². The molecule has 3 amide bonds. The minimum absolute atomic E-state index is 0.0320. The Balaban J connectivity index is 2.87. The van der Waals surface area contributed by atoms with E-state index in [1.807, 2.05) is 0 Å². The van der Waals surface area contributed by atoms with Gasteiger partial charge in [0.25, 0.3) is 0 Å². The maximum absolute atomic E-state index is 12.9. The summed E-state index contributed by atoms with van der Waals surface area (Å²) in [6.45, 7) is 1.20. The van der Waals surface area contributed by atoms with Gasteiger partial charge in [-0.15, -0.1) is 0 Å². The third-order valence-electron chi connectivity index (χ3n) is 3.09. The molecule has 0 saturated carbocycles. The first kappa shape index (κ1) is 19.1. The summed E-state index contributed by atoms with van der Waals surface area (Å²) in [6, 6.07) is 2.83. The summed E-state index contributed by atoms with van der Waals surface area (Å²) in [7, 11) is 0. The van der Waals surface area contributed by atoms with Crippen molar-refractivity contribution >= 4 is 23.7 Å². The average Bonchev–Trinajstić information content (AvgIpc) is 2.47. The van der Waals surface area contributed by atoms with Gasteiger partial charge in [-0.1, -0.05) is 12.1 Å². The van der Waals surface area contributed by atoms with E-state index in [4.69, 9.17) is 10.8 Å². The molecular formula is C15H18FN3O5. The van der Waals surface area contributed by atoms with Crippen molar-refractivity contribution in [3.8, 4) is 0 Å². The molecule has 24 heavy (non-hydrogen) atoms. The summed E-state index contributed by atoms with van der Waals surface area (Å²) in [5, 5.41) is 13.3. The fourth-order valence-corrected chi connectivity index (χ4v) is 1.98. The highest BCUT2D eigenvalue weighted by molar-refractivity contribution is 5.93. The quantitative estimate of drug-likeness (QED) is 0.497. The fourth-order valence-electron chi connectivity index (χ4n) is 1.98. The Morgan fingerprint density at radius 3 is 2.17 bits per heavy atom. The third kappa shape index (κ3) is 6.42. The van der Waals surface area contributed by atoms with E-state index >= 15 is 0 Å². The van der Waals surface area contributed by atoms with E-state index in [0.29, 0.717) is 5.56 Å². The number of primary amides is 1. The van der Waals surface area contributed by atoms with Gasteiger partial charge in [0.2, 0.25) is 17.7 Å². The van der Waals surface area contributed by atoms with E-state index in [-0.39, 0.29) is 6.42 Å². The number of carboxylic acids is 1. The van der Waals surface area contributed by atoms with Crippen molar-refractivity contribution in [2.24, 2.45) is 5.73 Å². The van der Waals surface area contributed by atoms with Crippen molar-refractivity contribution in [2.45, 2.75) is 31.8 Å². The molecule has 0 aromatic heterocycles. The number of rotatable bonds is 8. The zero-order valence-electron chi connectivity index (χ0n) is 12.9. The smallest absolute Gasteiger partial charge is 0.305 e. The average molecular weight is 339 g/mol. The summed E-state index contributed by atoms with van der Waals surface area (Å²) in [5.41, 5.74) is 5.63. The molecule has 130 valence electrons. The lowest BCUT2D eigenvalue weighted by atomic mass is 10.0. The molecule has 0 aliphatic rings. The minimum atomic E-state index is -1.40. The van der Waals surface area contributed by atoms with Crippen molar-refractivity contribution in [3.05, 3.63) is 35.6 Å². The molecule has 0 aliphatic carbocycles. The third-order valence-corrected chi connectivity index (χ3v) is 3.09. The van der Waals surface area contributed by atoms with Gasteiger partial charge in [0, 0.05) is 13.3 Å². The number of aliphatic carboxylic acids is 1. The zero-order chi connectivity index (χ0) is 18.3. The molecule has 0 unspecified atom stereocenters. The minimum Gasteiger partial charge on any atom is -0.481 e. The van der Waals surface area contributed by atoms with E-state index < -0.39 is 48.0 Å². The summed E-state index contributed by atoms with van der Waals surface area (Å²) in [4.78, 5) is 45.4. The number of nitrogens with one attached hydrogen (secondary N) is 2. The van der Waals surface area contributed by atoms with E-state index in [1.54, 1.807) is 0 Å². The van der Waals surface area contributed by atoms with Crippen LogP contribution in [0.4, 0.5) is 4.39 Å². The number of hydrogen-bond donors (Lipinski definition) is 4. The molecule has 8 nitrogen and oxygen atoms in total. The van der Waals surface area contributed by atoms with Crippen LogP contribution in [0.3, 0.4) is 0 Å². The summed E-state index contributed by atoms with van der Waals surface area (Å²) in [5.74, 6) is -4.02. The predicted octanol–water partition coefficient (Wildman–Crippen LogP) is -0.682. The topological polar surface area (TPSA) is 139 Å². The molecule has 1 rings (SSSR count). The van der Waals surface area contributed by atoms with Crippen molar-refractivity contribution < 1.29 is 28.7 Å². The number of amides is 3. The highest BCUT2D eigenvalue weighted by Gasteiger charge is 2.26. The number of benzene rings is 1. The van der Waals surface area contributed by atoms with Crippen LogP contribution in [0, 0.1) is 5.82 Å². The van der Waals surface area contributed by atoms with Gasteiger partial charge in [-0.3, -0.25) is 19.2 Å². The fraction of sp³-hybridized carbons (Fsp3) is 0.333. The van der Waals surface area contributed by atoms with Gasteiger partial charge in [-0.2, -0.15) is 0 Å². The first-order valence-corrected chi connectivity index (χ1v) is 7.02. The number of hydrogen-bond acceptors (Lipinski definition) is 4. The van der Waals surface area contributed by atoms with Crippen LogP contribution in [0.1, 0.15) is 18.9 Å². The SMILES string of the molecule is CC(=O)N[C@H](Cc1ccc(F)cc1)C(=O)N[C@H](CC(=O)O)C(N)=O. The lowest BCUT2D eigenvalue weighted by Gasteiger charge is -2.20. The van der Waals surface area contributed by atoms with Crippen molar-refractivity contribution in [3.63, 3.8) is 0 Å². The molecule has 5 N–H and O–H groups in total. The number of carbonyl (C=O) groups is 4. The van der Waals surface area contributed by atoms with Crippen LogP contribution in [0.15, 0.2) is 24.3 Å². The molecule has 0 bridgehead atoms. The van der Waals surface area contributed by atoms with Gasteiger partial charge < -0.3 is 21.5 Å². The van der Waals surface area contributed by atoms with Crippen molar-refractivity contribution in [2.75, 3.05) is 0 Å². The number of carboxylic acid groups (broad SMARTS) is 1. The molecule has 9 heteroatoms. The van der Waals surface area contributed by atoms with E-state index in [0.717, 1.165) is 0 Å². The Morgan fingerprint density at radius 1 is 1.12 bits per heavy atom. The highest BCUT2D eigenvalue weighted by atomic mass is 19.1. The van der Waals surface area contributed by atoms with Crippen LogP contribution >= 0.6 is 0 Å². The first-order chi connectivity index (χ1) is 11.2. The summed E-state index contributed by atoms with van der Waals surface area (Å²) < 4.78 is 12.9. The molecular weight excluding hydrogens is 321 g/mol. The van der Waals surface area contributed by atoms with Crippen LogP contribution < -0.4 is 16.4 Å². The maximum Gasteiger partial charge on any atom is 0.305 e. The second-order valence-corrected chi connectivity index (χ2v) is 5.15. The van der Waals surface area contributed by atoms with Crippen LogP contribution in [0.2, 0.25) is 0 Å². The molecule has 1 aromatic rings. The second kappa shape index (κ2) is 8.61. The molecule has 0 fully saturated rings. The summed E-state index contributed by atoms with van der Waals surface area (Å²) in [6.07, 6.45) is -0.644. The predicted molar refractivity (Wildman–Crippen MR) is 81.1 cm³/mol. The van der Waals surface area contributed by atoms with Gasteiger partial charge >= 0.3 is 5.97 Å². The normalized spacial score (nSPS) is 12.8. The lowest BCUT2D eigenvalue weighted by molar-refractivity contribution is -0.140. The molecule has 0 radical (unpaired) electrons. The Morgan fingerprint density at radius 2 is 1.71 bits per heavy atom. The Kier molecular flexibility index (Phi) is 6.84. The second-order valence-electron chi connectivity index (χ2n) is 5.15. The summed E-state index contributed by atoms with van der Waals surface area (Å²) >= 11 is 0. The monoisotopic (exact) mass is 339 g/mol. The van der Waals surface area contributed by atoms with E-state index in [1.165, 1.54) is 31.2 Å². The van der Waals surface area contributed by atoms with Crippen molar-refractivity contribution in [1.29, 1.82) is 0 Å². The lowest BCUT2D eigenvalue weighted by Crippen LogP contribution is -2.53. The molecule has 2 atom stereocenters. The standard InChI is InChI=1S/C15H18FN3O5/c1-8(20)18-12(6-9-2-4-10(16)5-3-9)15(24)19-11(14(17)23)7-13(21)22/h2-5,11-12H,6-7H2,1H3,(H2,17,23)(H,18,20)(H,19,24)(H,21,22)/t11-,12-/m1/s1. The molecule has 0 aliphatic heterocycles. The van der Waals surface area contributed by atoms with Gasteiger partial charge in [-0.05, 0) is 17.7 Å². The molecule has 1 aromatic carbocycles. The van der Waals surface area contributed by atoms with Gasteiger partial charge in [0.05, 0.1) is 6.42 Å². The molecule has 0 spiro atoms. The molecule has 0 heterocycles. The van der Waals surface area contributed by atoms with Gasteiger partial charge in [0.1, 0.15) is 17.9 Å². The van der Waals surface area contributed by atoms with Crippen LogP contribution in [-0.2, 0) is 25.6 Å². The Hall–Kier alpha value is -2.97. The van der Waals surface area contributed by atoms with Crippen LogP contribution in [0.5, 0.6) is 0 Å². The van der Waals surface area contributed by atoms with Crippen LogP contribution in [0.25, 0.3) is 0 Å². The number of halogens is 1. The number of carbonyl (C=O) groups excluding carboxylic acids is 3. The zero-order valence-corrected chi connectivity index (χ0v) is 12.9. The van der Waals surface area contributed by atoms with Crippen molar-refractivity contribution in [1.82, 2.24) is 10.6 Å². The number of nitrogens with two attached hydrogens (primary N) is 1. The van der Waals surface area contributed by atoms with E-state index in [9.17, 15) is 23.6 Å².